The van der Waals surface area contributed by atoms with Crippen molar-refractivity contribution in [3.05, 3.63) is 23.8 Å². The van der Waals surface area contributed by atoms with Gasteiger partial charge in [-0.3, -0.25) is 4.79 Å². The predicted octanol–water partition coefficient (Wildman–Crippen LogP) is 2.36. The first-order chi connectivity index (χ1) is 7.22. The summed E-state index contributed by atoms with van der Waals surface area (Å²) in [5, 5.41) is 9.09. The molecule has 0 radical (unpaired) electrons. The van der Waals surface area contributed by atoms with Crippen molar-refractivity contribution in [2.45, 2.75) is 17.2 Å². The molecule has 0 saturated carbocycles. The molecule has 1 aliphatic rings. The van der Waals surface area contributed by atoms with E-state index in [2.05, 4.69) is 0 Å². The summed E-state index contributed by atoms with van der Waals surface area (Å²) in [7, 11) is 0. The van der Waals surface area contributed by atoms with Crippen LogP contribution in [-0.4, -0.2) is 23.9 Å². The van der Waals surface area contributed by atoms with Crippen molar-refractivity contribution in [2.75, 3.05) is 12.9 Å². The van der Waals surface area contributed by atoms with Crippen molar-refractivity contribution >= 4 is 17.7 Å². The van der Waals surface area contributed by atoms with Crippen molar-refractivity contribution in [3.8, 4) is 5.75 Å². The zero-order valence-corrected chi connectivity index (χ0v) is 9.21. The van der Waals surface area contributed by atoms with E-state index in [4.69, 9.17) is 9.84 Å². The standard InChI is InChI=1S/C11H12O3S/c1-15-7-2-3-10-9(6-7)8(11(12)13)4-5-14-10/h2-3,6,8H,4-5H2,1H3,(H,12,13). The van der Waals surface area contributed by atoms with E-state index < -0.39 is 11.9 Å². The maximum Gasteiger partial charge on any atom is 0.311 e. The molecule has 15 heavy (non-hydrogen) atoms. The SMILES string of the molecule is CSc1ccc2c(c1)C(C(=O)O)CCO2. The molecule has 1 heterocycles. The number of ether oxygens (including phenoxy) is 1. The smallest absolute Gasteiger partial charge is 0.311 e. The summed E-state index contributed by atoms with van der Waals surface area (Å²) >= 11 is 1.61. The minimum atomic E-state index is -0.766. The minimum Gasteiger partial charge on any atom is -0.493 e. The number of hydrogen-bond donors (Lipinski definition) is 1. The van der Waals surface area contributed by atoms with Crippen LogP contribution in [0.4, 0.5) is 0 Å². The molecule has 1 N–H and O–H groups in total. The van der Waals surface area contributed by atoms with Gasteiger partial charge in [-0.2, -0.15) is 0 Å². The molecular weight excluding hydrogens is 212 g/mol. The van der Waals surface area contributed by atoms with E-state index in [0.29, 0.717) is 18.8 Å². The maximum atomic E-state index is 11.1. The van der Waals surface area contributed by atoms with E-state index in [9.17, 15) is 4.79 Å². The number of aliphatic carboxylic acids is 1. The summed E-state index contributed by atoms with van der Waals surface area (Å²) in [6.45, 7) is 0.489. The fourth-order valence-corrected chi connectivity index (χ4v) is 2.20. The van der Waals surface area contributed by atoms with E-state index in [-0.39, 0.29) is 0 Å². The van der Waals surface area contributed by atoms with Gasteiger partial charge in [-0.1, -0.05) is 0 Å². The van der Waals surface area contributed by atoms with Crippen LogP contribution >= 0.6 is 11.8 Å². The van der Waals surface area contributed by atoms with Crippen LogP contribution in [0.1, 0.15) is 17.9 Å². The summed E-state index contributed by atoms with van der Waals surface area (Å²) in [6, 6.07) is 5.72. The molecule has 0 amide bonds. The van der Waals surface area contributed by atoms with Gasteiger partial charge in [0.1, 0.15) is 5.75 Å². The third-order valence-electron chi connectivity index (χ3n) is 2.55. The van der Waals surface area contributed by atoms with Crippen LogP contribution in [0, 0.1) is 0 Å². The van der Waals surface area contributed by atoms with Gasteiger partial charge >= 0.3 is 5.97 Å². The highest BCUT2D eigenvalue weighted by Gasteiger charge is 2.27. The fourth-order valence-electron chi connectivity index (χ4n) is 1.76. The first-order valence-electron chi connectivity index (χ1n) is 4.76. The van der Waals surface area contributed by atoms with Crippen LogP contribution in [0.5, 0.6) is 5.75 Å². The molecule has 0 spiro atoms. The third kappa shape index (κ3) is 1.95. The minimum absolute atomic E-state index is 0.416. The molecule has 80 valence electrons. The number of carboxylic acids is 1. The number of rotatable bonds is 2. The first kappa shape index (κ1) is 10.4. The normalized spacial score (nSPS) is 19.1. The van der Waals surface area contributed by atoms with Gasteiger partial charge in [-0.15, -0.1) is 11.8 Å². The number of fused-ring (bicyclic) bond motifs is 1. The van der Waals surface area contributed by atoms with Crippen LogP contribution in [0.25, 0.3) is 0 Å². The van der Waals surface area contributed by atoms with Gasteiger partial charge in [0.05, 0.1) is 12.5 Å². The number of carboxylic acid groups (broad SMARTS) is 1. The Hall–Kier alpha value is -1.16. The molecule has 2 rings (SSSR count). The maximum absolute atomic E-state index is 11.1. The van der Waals surface area contributed by atoms with Gasteiger partial charge in [0.15, 0.2) is 0 Å². The highest BCUT2D eigenvalue weighted by Crippen LogP contribution is 2.36. The molecule has 0 fully saturated rings. The Kier molecular flexibility index (Phi) is 2.86. The Bertz CT molecular complexity index is 389. The lowest BCUT2D eigenvalue weighted by Gasteiger charge is -2.23. The largest absolute Gasteiger partial charge is 0.493 e. The molecule has 3 nitrogen and oxygen atoms in total. The van der Waals surface area contributed by atoms with Crippen molar-refractivity contribution in [2.24, 2.45) is 0 Å². The quantitative estimate of drug-likeness (QED) is 0.783. The number of carbonyl (C=O) groups is 1. The zero-order chi connectivity index (χ0) is 10.8. The second-order valence-electron chi connectivity index (χ2n) is 3.43. The predicted molar refractivity (Wildman–Crippen MR) is 58.7 cm³/mol. The number of thioether (sulfide) groups is 1. The van der Waals surface area contributed by atoms with Crippen molar-refractivity contribution in [1.29, 1.82) is 0 Å². The zero-order valence-electron chi connectivity index (χ0n) is 8.40. The third-order valence-corrected chi connectivity index (χ3v) is 3.28. The molecule has 0 aromatic heterocycles. The summed E-state index contributed by atoms with van der Waals surface area (Å²) in [5.41, 5.74) is 0.806. The molecule has 0 saturated heterocycles. The van der Waals surface area contributed by atoms with Crippen molar-refractivity contribution in [3.63, 3.8) is 0 Å². The number of benzene rings is 1. The molecule has 1 unspecified atom stereocenters. The van der Waals surface area contributed by atoms with E-state index in [1.807, 2.05) is 24.5 Å². The van der Waals surface area contributed by atoms with E-state index in [0.717, 1.165) is 10.5 Å². The Morgan fingerprint density at radius 3 is 3.07 bits per heavy atom. The molecular formula is C11H12O3S. The van der Waals surface area contributed by atoms with Crippen molar-refractivity contribution < 1.29 is 14.6 Å². The highest BCUT2D eigenvalue weighted by molar-refractivity contribution is 7.98. The Labute approximate surface area is 92.4 Å². The van der Waals surface area contributed by atoms with Gasteiger partial charge in [-0.25, -0.2) is 0 Å². The first-order valence-corrected chi connectivity index (χ1v) is 5.98. The van der Waals surface area contributed by atoms with Gasteiger partial charge < -0.3 is 9.84 Å². The van der Waals surface area contributed by atoms with E-state index >= 15 is 0 Å². The highest BCUT2D eigenvalue weighted by atomic mass is 32.2. The average Bonchev–Trinajstić information content (AvgIpc) is 2.27. The molecule has 1 aliphatic heterocycles. The monoisotopic (exact) mass is 224 g/mol. The summed E-state index contributed by atoms with van der Waals surface area (Å²) < 4.78 is 5.43. The van der Waals surface area contributed by atoms with E-state index in [1.165, 1.54) is 0 Å². The van der Waals surface area contributed by atoms with Crippen LogP contribution in [0.2, 0.25) is 0 Å². The second-order valence-corrected chi connectivity index (χ2v) is 4.31. The Morgan fingerprint density at radius 2 is 2.40 bits per heavy atom. The van der Waals surface area contributed by atoms with Gasteiger partial charge in [0.2, 0.25) is 0 Å². The van der Waals surface area contributed by atoms with Gasteiger partial charge in [0, 0.05) is 10.5 Å². The topological polar surface area (TPSA) is 46.5 Å². The fraction of sp³-hybridized carbons (Fsp3) is 0.364. The molecule has 1 aromatic carbocycles. The molecule has 0 aliphatic carbocycles. The Morgan fingerprint density at radius 1 is 1.60 bits per heavy atom. The average molecular weight is 224 g/mol. The molecule has 0 bridgehead atoms. The summed E-state index contributed by atoms with van der Waals surface area (Å²) in [4.78, 5) is 12.1. The lowest BCUT2D eigenvalue weighted by atomic mass is 9.93. The lowest BCUT2D eigenvalue weighted by Crippen LogP contribution is -2.20. The van der Waals surface area contributed by atoms with Crippen LogP contribution in [-0.2, 0) is 4.79 Å². The van der Waals surface area contributed by atoms with Crippen LogP contribution in [0.3, 0.4) is 0 Å². The molecule has 4 heteroatoms. The molecule has 1 aromatic rings. The van der Waals surface area contributed by atoms with Crippen LogP contribution in [0.15, 0.2) is 23.1 Å². The number of hydrogen-bond acceptors (Lipinski definition) is 3. The Balaban J connectivity index is 2.43. The van der Waals surface area contributed by atoms with Gasteiger partial charge in [-0.05, 0) is 30.9 Å². The van der Waals surface area contributed by atoms with Crippen LogP contribution < -0.4 is 4.74 Å². The summed E-state index contributed by atoms with van der Waals surface area (Å²) in [6.07, 6.45) is 2.53. The summed E-state index contributed by atoms with van der Waals surface area (Å²) in [5.74, 6) is -0.467. The second kappa shape index (κ2) is 4.14. The van der Waals surface area contributed by atoms with E-state index in [1.54, 1.807) is 11.8 Å². The van der Waals surface area contributed by atoms with Gasteiger partial charge in [0.25, 0.3) is 0 Å². The van der Waals surface area contributed by atoms with Crippen molar-refractivity contribution in [1.82, 2.24) is 0 Å². The lowest BCUT2D eigenvalue weighted by molar-refractivity contribution is -0.139. The molecule has 1 atom stereocenters.